The van der Waals surface area contributed by atoms with Crippen LogP contribution in [0.2, 0.25) is 0 Å². The molecule has 5 nitrogen and oxygen atoms in total. The monoisotopic (exact) mass is 291 g/mol. The number of nitrogens with two attached hydrogens (primary N) is 1. The Balaban J connectivity index is 1.97. The van der Waals surface area contributed by atoms with Crippen molar-refractivity contribution in [2.24, 2.45) is 5.73 Å². The maximum Gasteiger partial charge on any atom is 0.236 e. The Morgan fingerprint density at radius 1 is 1.38 bits per heavy atom. The van der Waals surface area contributed by atoms with Crippen LogP contribution in [-0.4, -0.2) is 49.5 Å². The summed E-state index contributed by atoms with van der Waals surface area (Å²) in [6.45, 7) is 3.43. The van der Waals surface area contributed by atoms with E-state index in [4.69, 9.17) is 10.5 Å². The predicted octanol–water partition coefficient (Wildman–Crippen LogP) is 1.21. The van der Waals surface area contributed by atoms with Gasteiger partial charge in [-0.05, 0) is 37.6 Å². The van der Waals surface area contributed by atoms with Gasteiger partial charge in [0.2, 0.25) is 5.91 Å². The third-order valence-electron chi connectivity index (χ3n) is 3.88. The highest BCUT2D eigenvalue weighted by atomic mass is 16.5. The number of methoxy groups -OCH3 is 1. The van der Waals surface area contributed by atoms with E-state index < -0.39 is 0 Å². The second kappa shape index (κ2) is 7.43. The number of carbonyl (C=O) groups excluding carboxylic acids is 1. The van der Waals surface area contributed by atoms with E-state index in [1.54, 1.807) is 7.11 Å². The van der Waals surface area contributed by atoms with Gasteiger partial charge in [0.25, 0.3) is 0 Å². The minimum atomic E-state index is 0.212. The average molecular weight is 291 g/mol. The summed E-state index contributed by atoms with van der Waals surface area (Å²) in [6.07, 6.45) is 2.25. The number of nitrogens with zero attached hydrogens (tertiary/aromatic N) is 2. The van der Waals surface area contributed by atoms with Crippen molar-refractivity contribution in [3.8, 4) is 5.75 Å². The second-order valence-corrected chi connectivity index (χ2v) is 5.61. The van der Waals surface area contributed by atoms with Crippen LogP contribution < -0.4 is 10.5 Å². The first-order chi connectivity index (χ1) is 10.1. The minimum Gasteiger partial charge on any atom is -0.496 e. The number of likely N-dealkylation sites (tertiary alicyclic amines) is 1. The summed E-state index contributed by atoms with van der Waals surface area (Å²) in [4.78, 5) is 16.1. The predicted molar refractivity (Wildman–Crippen MR) is 83.0 cm³/mol. The van der Waals surface area contributed by atoms with Crippen LogP contribution in [0.3, 0.4) is 0 Å². The van der Waals surface area contributed by atoms with E-state index in [1.165, 1.54) is 0 Å². The molecule has 21 heavy (non-hydrogen) atoms. The maximum absolute atomic E-state index is 12.2. The summed E-state index contributed by atoms with van der Waals surface area (Å²) in [6, 6.07) is 5.96. The smallest absolute Gasteiger partial charge is 0.236 e. The van der Waals surface area contributed by atoms with E-state index >= 15 is 0 Å². The molecule has 1 aromatic rings. The van der Waals surface area contributed by atoms with Crippen LogP contribution in [0.5, 0.6) is 5.75 Å². The summed E-state index contributed by atoms with van der Waals surface area (Å²) in [5.74, 6) is 1.05. The Morgan fingerprint density at radius 3 is 2.71 bits per heavy atom. The first-order valence-electron chi connectivity index (χ1n) is 7.46. The topological polar surface area (TPSA) is 58.8 Å². The van der Waals surface area contributed by atoms with Gasteiger partial charge in [-0.3, -0.25) is 9.69 Å². The Labute approximate surface area is 126 Å². The summed E-state index contributed by atoms with van der Waals surface area (Å²) < 4.78 is 5.39. The van der Waals surface area contributed by atoms with E-state index in [0.29, 0.717) is 19.6 Å². The van der Waals surface area contributed by atoms with Gasteiger partial charge < -0.3 is 15.4 Å². The standard InChI is InChI=1S/C16H25N3O2/c1-18(12-16(20)19-7-3-4-8-19)11-14-9-13(10-17)5-6-15(14)21-2/h5-6,9H,3-4,7-8,10-12,17H2,1-2H3. The van der Waals surface area contributed by atoms with Crippen molar-refractivity contribution in [1.82, 2.24) is 9.80 Å². The Hall–Kier alpha value is -1.59. The average Bonchev–Trinajstić information content (AvgIpc) is 3.01. The van der Waals surface area contributed by atoms with Gasteiger partial charge in [-0.2, -0.15) is 0 Å². The highest BCUT2D eigenvalue weighted by Crippen LogP contribution is 2.21. The van der Waals surface area contributed by atoms with Crippen LogP contribution in [0.4, 0.5) is 0 Å². The summed E-state index contributed by atoms with van der Waals surface area (Å²) in [5, 5.41) is 0. The molecular formula is C16H25N3O2. The lowest BCUT2D eigenvalue weighted by Crippen LogP contribution is -2.37. The number of likely N-dealkylation sites (N-methyl/N-ethyl adjacent to an activating group) is 1. The molecule has 0 atom stereocenters. The van der Waals surface area contributed by atoms with E-state index in [0.717, 1.165) is 42.8 Å². The lowest BCUT2D eigenvalue weighted by atomic mass is 10.1. The SMILES string of the molecule is COc1ccc(CN)cc1CN(C)CC(=O)N1CCCC1. The molecule has 5 heteroatoms. The van der Waals surface area contributed by atoms with Crippen LogP contribution >= 0.6 is 0 Å². The molecule has 1 fully saturated rings. The molecule has 0 aliphatic carbocycles. The van der Waals surface area contributed by atoms with Crippen LogP contribution in [0.15, 0.2) is 18.2 Å². The zero-order chi connectivity index (χ0) is 15.2. The summed E-state index contributed by atoms with van der Waals surface area (Å²) in [5.41, 5.74) is 7.83. The summed E-state index contributed by atoms with van der Waals surface area (Å²) >= 11 is 0. The van der Waals surface area contributed by atoms with Gasteiger partial charge in [-0.1, -0.05) is 6.07 Å². The third-order valence-corrected chi connectivity index (χ3v) is 3.88. The number of hydrogen-bond donors (Lipinski definition) is 1. The molecule has 0 unspecified atom stereocenters. The zero-order valence-electron chi connectivity index (χ0n) is 13.0. The number of benzene rings is 1. The molecule has 0 aromatic heterocycles. The van der Waals surface area contributed by atoms with Crippen molar-refractivity contribution < 1.29 is 9.53 Å². The normalized spacial score (nSPS) is 14.8. The van der Waals surface area contributed by atoms with Crippen LogP contribution in [-0.2, 0) is 17.9 Å². The van der Waals surface area contributed by atoms with Gasteiger partial charge in [-0.15, -0.1) is 0 Å². The molecule has 0 radical (unpaired) electrons. The van der Waals surface area contributed by atoms with Crippen LogP contribution in [0, 0.1) is 0 Å². The quantitative estimate of drug-likeness (QED) is 0.856. The van der Waals surface area contributed by atoms with Crippen molar-refractivity contribution >= 4 is 5.91 Å². The number of rotatable bonds is 6. The van der Waals surface area contributed by atoms with E-state index in [2.05, 4.69) is 6.07 Å². The molecular weight excluding hydrogens is 266 g/mol. The van der Waals surface area contributed by atoms with E-state index in [9.17, 15) is 4.79 Å². The second-order valence-electron chi connectivity index (χ2n) is 5.61. The molecule has 2 N–H and O–H groups in total. The van der Waals surface area contributed by atoms with Crippen LogP contribution in [0.25, 0.3) is 0 Å². The van der Waals surface area contributed by atoms with Gasteiger partial charge in [0.1, 0.15) is 5.75 Å². The lowest BCUT2D eigenvalue weighted by molar-refractivity contribution is -0.131. The molecule has 1 aromatic carbocycles. The maximum atomic E-state index is 12.2. The number of hydrogen-bond acceptors (Lipinski definition) is 4. The van der Waals surface area contributed by atoms with Crippen molar-refractivity contribution in [2.75, 3.05) is 33.8 Å². The first-order valence-corrected chi connectivity index (χ1v) is 7.46. The largest absolute Gasteiger partial charge is 0.496 e. The molecule has 1 amide bonds. The van der Waals surface area contributed by atoms with Gasteiger partial charge >= 0.3 is 0 Å². The molecule has 1 heterocycles. The van der Waals surface area contributed by atoms with Crippen molar-refractivity contribution in [3.05, 3.63) is 29.3 Å². The Morgan fingerprint density at radius 2 is 2.10 bits per heavy atom. The fraction of sp³-hybridized carbons (Fsp3) is 0.562. The Bertz CT molecular complexity index is 484. The number of amides is 1. The lowest BCUT2D eigenvalue weighted by Gasteiger charge is -2.22. The van der Waals surface area contributed by atoms with Gasteiger partial charge in [0, 0.05) is 31.7 Å². The zero-order valence-corrected chi connectivity index (χ0v) is 13.0. The highest BCUT2D eigenvalue weighted by molar-refractivity contribution is 5.78. The molecule has 1 aliphatic heterocycles. The molecule has 116 valence electrons. The van der Waals surface area contributed by atoms with Gasteiger partial charge in [0.15, 0.2) is 0 Å². The first kappa shape index (κ1) is 15.8. The van der Waals surface area contributed by atoms with Crippen molar-refractivity contribution in [2.45, 2.75) is 25.9 Å². The molecule has 0 bridgehead atoms. The van der Waals surface area contributed by atoms with E-state index in [1.807, 2.05) is 29.0 Å². The van der Waals surface area contributed by atoms with E-state index in [-0.39, 0.29) is 5.91 Å². The van der Waals surface area contributed by atoms with Crippen molar-refractivity contribution in [1.29, 1.82) is 0 Å². The van der Waals surface area contributed by atoms with Gasteiger partial charge in [-0.25, -0.2) is 0 Å². The molecule has 1 aliphatic rings. The fourth-order valence-corrected chi connectivity index (χ4v) is 2.73. The molecule has 0 spiro atoms. The molecule has 1 saturated heterocycles. The number of ether oxygens (including phenoxy) is 1. The fourth-order valence-electron chi connectivity index (χ4n) is 2.73. The third kappa shape index (κ3) is 4.19. The summed E-state index contributed by atoms with van der Waals surface area (Å²) in [7, 11) is 3.62. The Kier molecular flexibility index (Phi) is 5.59. The molecule has 2 rings (SSSR count). The highest BCUT2D eigenvalue weighted by Gasteiger charge is 2.19. The van der Waals surface area contributed by atoms with Crippen LogP contribution in [0.1, 0.15) is 24.0 Å². The van der Waals surface area contributed by atoms with Crippen molar-refractivity contribution in [3.63, 3.8) is 0 Å². The molecule has 0 saturated carbocycles. The van der Waals surface area contributed by atoms with Gasteiger partial charge in [0.05, 0.1) is 13.7 Å². The minimum absolute atomic E-state index is 0.212. The number of carbonyl (C=O) groups is 1.